The molecule has 0 amide bonds. The highest BCUT2D eigenvalue weighted by Crippen LogP contribution is 2.52. The first kappa shape index (κ1) is 30.7. The van der Waals surface area contributed by atoms with Gasteiger partial charge < -0.3 is 23.7 Å². The fourth-order valence-electron chi connectivity index (χ4n) is 7.60. The lowest BCUT2D eigenvalue weighted by Gasteiger charge is -2.59. The lowest BCUT2D eigenvalue weighted by molar-refractivity contribution is -0.149. The number of piperazine rings is 1. The van der Waals surface area contributed by atoms with E-state index in [1.165, 1.54) is 0 Å². The number of nitrogens with zero attached hydrogens (tertiary/aromatic N) is 4. The number of carbonyl (C=O) groups excluding carboxylic acids is 1. The molecule has 4 heterocycles. The third-order valence-corrected chi connectivity index (χ3v) is 9.78. The molecule has 10 nitrogen and oxygen atoms in total. The summed E-state index contributed by atoms with van der Waals surface area (Å²) in [6.45, 7) is 2.08. The summed E-state index contributed by atoms with van der Waals surface area (Å²) in [5.74, 6) is 2.20. The van der Waals surface area contributed by atoms with E-state index in [0.717, 1.165) is 27.9 Å². The normalized spacial score (nSPS) is 24.2. The van der Waals surface area contributed by atoms with Gasteiger partial charge in [0.05, 0.1) is 53.0 Å². The minimum Gasteiger partial charge on any atom is -0.493 e. The number of nitriles is 1. The van der Waals surface area contributed by atoms with Crippen LogP contribution in [0.5, 0.6) is 23.0 Å². The number of aromatic nitrogens is 1. The number of fused-ring (bicyclic) bond motifs is 7. The van der Waals surface area contributed by atoms with Gasteiger partial charge in [-0.1, -0.05) is 13.0 Å². The van der Waals surface area contributed by atoms with E-state index in [9.17, 15) is 10.1 Å². The van der Waals surface area contributed by atoms with Crippen LogP contribution in [0, 0.1) is 11.3 Å². The van der Waals surface area contributed by atoms with Crippen LogP contribution in [-0.2, 0) is 22.4 Å². The van der Waals surface area contributed by atoms with Crippen molar-refractivity contribution >= 4 is 5.97 Å². The molecule has 3 aliphatic heterocycles. The van der Waals surface area contributed by atoms with Gasteiger partial charge in [-0.2, -0.15) is 5.26 Å². The van der Waals surface area contributed by atoms with E-state index in [1.807, 2.05) is 37.3 Å². The molecule has 3 aromatic rings. The smallest absolute Gasteiger partial charge is 0.306 e. The Bertz CT molecular complexity index is 1610. The van der Waals surface area contributed by atoms with Crippen molar-refractivity contribution in [2.24, 2.45) is 0 Å². The molecule has 236 valence electrons. The summed E-state index contributed by atoms with van der Waals surface area (Å²) in [4.78, 5) is 22.3. The summed E-state index contributed by atoms with van der Waals surface area (Å²) in [5, 5.41) is 10.7. The van der Waals surface area contributed by atoms with Gasteiger partial charge in [0.1, 0.15) is 12.6 Å². The third-order valence-electron chi connectivity index (χ3n) is 9.78. The van der Waals surface area contributed by atoms with E-state index in [-0.39, 0.29) is 49.1 Å². The number of likely N-dealkylation sites (N-methyl/N-ethyl adjacent to an activating group) is 1. The molecular formula is C35H40N4O6. The molecule has 0 N–H and O–H groups in total. The van der Waals surface area contributed by atoms with Gasteiger partial charge in [-0.3, -0.25) is 19.6 Å². The lowest BCUT2D eigenvalue weighted by atomic mass is 9.72. The van der Waals surface area contributed by atoms with E-state index in [4.69, 9.17) is 23.7 Å². The second-order valence-corrected chi connectivity index (χ2v) is 12.0. The SMILES string of the molecule is COc1cc2c(cc1OC)[C@@H]1[C@@H]3Cc4cc(OC)c(OC)cc4[C@H](COC(=O)CC(C)c4ccccn4)N3[C@@H](C#N)[C@H](C2)N1C. The molecule has 0 saturated carbocycles. The average molecular weight is 613 g/mol. The highest BCUT2D eigenvalue weighted by atomic mass is 16.5. The van der Waals surface area contributed by atoms with Gasteiger partial charge in [-0.05, 0) is 78.5 Å². The Hall–Kier alpha value is -4.33. The first-order valence-electron chi connectivity index (χ1n) is 15.3. The number of methoxy groups -OCH3 is 4. The van der Waals surface area contributed by atoms with Crippen LogP contribution in [0.15, 0.2) is 48.7 Å². The van der Waals surface area contributed by atoms with Crippen LogP contribution in [0.2, 0.25) is 0 Å². The molecular weight excluding hydrogens is 572 g/mol. The van der Waals surface area contributed by atoms with Gasteiger partial charge in [0.25, 0.3) is 0 Å². The maximum absolute atomic E-state index is 13.2. The van der Waals surface area contributed by atoms with Gasteiger partial charge in [0, 0.05) is 29.9 Å². The Morgan fingerprint density at radius 3 is 2.13 bits per heavy atom. The summed E-state index contributed by atoms with van der Waals surface area (Å²) >= 11 is 0. The standard InChI is InChI=1S/C35H40N4O6/c1-20(25-9-7-8-10-37-25)11-34(40)45-19-29-23-16-32(43-5)30(41-3)14-21(23)13-27-35-24-17-33(44-6)31(42-4)15-22(24)12-26(38(35)2)28(18-36)39(27)29/h7-10,14-17,20,26-29,35H,11-13,19H2,1-6H3/t20?,26-,27-,28-,29-,35+/m0/s1. The van der Waals surface area contributed by atoms with Crippen molar-refractivity contribution in [1.82, 2.24) is 14.8 Å². The molecule has 0 aliphatic carbocycles. The Kier molecular flexibility index (Phi) is 8.58. The maximum atomic E-state index is 13.2. The van der Waals surface area contributed by atoms with Crippen molar-refractivity contribution in [3.8, 4) is 29.1 Å². The Balaban J connectivity index is 1.40. The lowest BCUT2D eigenvalue weighted by Crippen LogP contribution is -2.68. The largest absolute Gasteiger partial charge is 0.493 e. The highest BCUT2D eigenvalue weighted by molar-refractivity contribution is 5.70. The summed E-state index contributed by atoms with van der Waals surface area (Å²) in [7, 11) is 8.63. The zero-order chi connectivity index (χ0) is 31.8. The first-order valence-corrected chi connectivity index (χ1v) is 15.3. The number of rotatable bonds is 9. The fraction of sp³-hybridized carbons (Fsp3) is 0.457. The van der Waals surface area contributed by atoms with Gasteiger partial charge >= 0.3 is 5.97 Å². The Morgan fingerprint density at radius 2 is 1.53 bits per heavy atom. The zero-order valence-electron chi connectivity index (χ0n) is 26.6. The number of carbonyl (C=O) groups is 1. The summed E-state index contributed by atoms with van der Waals surface area (Å²) in [5.41, 5.74) is 5.21. The van der Waals surface area contributed by atoms with Crippen LogP contribution in [-0.4, -0.2) is 81.0 Å². The topological polar surface area (TPSA) is 106 Å². The average Bonchev–Trinajstić information content (AvgIpc) is 3.06. The summed E-state index contributed by atoms with van der Waals surface area (Å²) < 4.78 is 28.8. The molecule has 6 rings (SSSR count). The van der Waals surface area contributed by atoms with Crippen LogP contribution in [0.4, 0.5) is 0 Å². The molecule has 1 unspecified atom stereocenters. The van der Waals surface area contributed by atoms with Crippen molar-refractivity contribution in [2.75, 3.05) is 42.1 Å². The van der Waals surface area contributed by atoms with Gasteiger partial charge in [-0.25, -0.2) is 0 Å². The monoisotopic (exact) mass is 612 g/mol. The van der Waals surface area contributed by atoms with Crippen molar-refractivity contribution < 1.29 is 28.5 Å². The quantitative estimate of drug-likeness (QED) is 0.318. The molecule has 45 heavy (non-hydrogen) atoms. The van der Waals surface area contributed by atoms with Crippen LogP contribution >= 0.6 is 0 Å². The van der Waals surface area contributed by atoms with E-state index in [1.54, 1.807) is 34.6 Å². The molecule has 2 bridgehead atoms. The second kappa shape index (κ2) is 12.6. The van der Waals surface area contributed by atoms with Crippen molar-refractivity contribution in [3.05, 3.63) is 76.6 Å². The molecule has 3 aliphatic rings. The molecule has 6 atom stereocenters. The predicted molar refractivity (Wildman–Crippen MR) is 167 cm³/mol. The molecule has 10 heteroatoms. The van der Waals surface area contributed by atoms with Crippen LogP contribution in [0.1, 0.15) is 59.3 Å². The Labute approximate surface area is 264 Å². The molecule has 1 saturated heterocycles. The summed E-state index contributed by atoms with van der Waals surface area (Å²) in [6.07, 6.45) is 3.28. The zero-order valence-corrected chi connectivity index (χ0v) is 26.6. The molecule has 0 radical (unpaired) electrons. The minimum absolute atomic E-state index is 0.0354. The molecule has 2 aromatic carbocycles. The first-order chi connectivity index (χ1) is 21.8. The van der Waals surface area contributed by atoms with E-state index >= 15 is 0 Å². The number of benzene rings is 2. The van der Waals surface area contributed by atoms with E-state index in [2.05, 4.69) is 40.0 Å². The van der Waals surface area contributed by atoms with E-state index < -0.39 is 6.04 Å². The number of ether oxygens (including phenoxy) is 5. The van der Waals surface area contributed by atoms with Crippen molar-refractivity contribution in [2.45, 2.75) is 62.3 Å². The molecule has 0 spiro atoms. The van der Waals surface area contributed by atoms with Gasteiger partial charge in [0.2, 0.25) is 0 Å². The third kappa shape index (κ3) is 5.34. The van der Waals surface area contributed by atoms with Crippen LogP contribution < -0.4 is 18.9 Å². The minimum atomic E-state index is -0.449. The van der Waals surface area contributed by atoms with Gasteiger partial charge in [0.15, 0.2) is 23.0 Å². The van der Waals surface area contributed by atoms with Crippen molar-refractivity contribution in [1.29, 1.82) is 5.26 Å². The van der Waals surface area contributed by atoms with Crippen LogP contribution in [0.25, 0.3) is 0 Å². The number of hydrogen-bond acceptors (Lipinski definition) is 10. The predicted octanol–water partition coefficient (Wildman–Crippen LogP) is 4.62. The van der Waals surface area contributed by atoms with E-state index in [0.29, 0.717) is 35.8 Å². The van der Waals surface area contributed by atoms with Crippen LogP contribution in [0.3, 0.4) is 0 Å². The Morgan fingerprint density at radius 1 is 0.933 bits per heavy atom. The molecule has 1 fully saturated rings. The van der Waals surface area contributed by atoms with Crippen molar-refractivity contribution in [3.63, 3.8) is 0 Å². The second-order valence-electron chi connectivity index (χ2n) is 12.0. The van der Waals surface area contributed by atoms with Gasteiger partial charge in [-0.15, -0.1) is 0 Å². The summed E-state index contributed by atoms with van der Waals surface area (Å²) in [6, 6.07) is 15.5. The highest BCUT2D eigenvalue weighted by Gasteiger charge is 2.54. The number of hydrogen-bond donors (Lipinski definition) is 0. The number of esters is 1. The maximum Gasteiger partial charge on any atom is 0.306 e. The molecule has 1 aromatic heterocycles. The fourth-order valence-corrected chi connectivity index (χ4v) is 7.60. The number of pyridine rings is 1.